The number of hydrogen-bond acceptors (Lipinski definition) is 3. The number of rotatable bonds is 5. The molecule has 1 aromatic heterocycles. The Hall–Kier alpha value is -1.07. The van der Waals surface area contributed by atoms with Gasteiger partial charge in [-0.2, -0.15) is 5.10 Å². The summed E-state index contributed by atoms with van der Waals surface area (Å²) >= 11 is 0. The average Bonchev–Trinajstić information content (AvgIpc) is 3.25. The number of carbonyl (C=O) groups is 1. The van der Waals surface area contributed by atoms with E-state index in [4.69, 9.17) is 5.73 Å². The monoisotopic (exact) mass is 270 g/mol. The first-order valence-electron chi connectivity index (χ1n) is 6.34. The molecule has 1 unspecified atom stereocenters. The predicted octanol–water partition coefficient (Wildman–Crippen LogP) is 1.18. The molecule has 0 aromatic carbocycles. The lowest BCUT2D eigenvalue weighted by molar-refractivity contribution is 0.0928. The van der Waals surface area contributed by atoms with Gasteiger partial charge in [0.2, 0.25) is 0 Å². The number of amides is 1. The fraction of sp³-hybridized carbons (Fsp3) is 0.667. The smallest absolute Gasteiger partial charge is 0.272 e. The van der Waals surface area contributed by atoms with Gasteiger partial charge in [-0.1, -0.05) is 0 Å². The van der Waals surface area contributed by atoms with Crippen molar-refractivity contribution in [3.63, 3.8) is 0 Å². The first-order valence-corrected chi connectivity index (χ1v) is 6.34. The Balaban J connectivity index is 0.00000120. The van der Waals surface area contributed by atoms with E-state index in [1.54, 1.807) is 0 Å². The molecule has 0 bridgehead atoms. The van der Waals surface area contributed by atoms with Gasteiger partial charge in [-0.25, -0.2) is 0 Å². The van der Waals surface area contributed by atoms with Crippen molar-refractivity contribution in [1.82, 2.24) is 15.5 Å². The van der Waals surface area contributed by atoms with Gasteiger partial charge >= 0.3 is 0 Å². The highest BCUT2D eigenvalue weighted by Crippen LogP contribution is 2.39. The molecule has 0 radical (unpaired) electrons. The van der Waals surface area contributed by atoms with Crippen molar-refractivity contribution in [3.8, 4) is 0 Å². The molecule has 100 valence electrons. The van der Waals surface area contributed by atoms with Gasteiger partial charge in [-0.3, -0.25) is 9.89 Å². The van der Waals surface area contributed by atoms with Crippen LogP contribution in [0.5, 0.6) is 0 Å². The summed E-state index contributed by atoms with van der Waals surface area (Å²) in [7, 11) is 0. The number of hydrogen-bond donors (Lipinski definition) is 3. The first-order chi connectivity index (χ1) is 8.28. The van der Waals surface area contributed by atoms with Crippen LogP contribution in [0.25, 0.3) is 0 Å². The topological polar surface area (TPSA) is 83.8 Å². The molecule has 1 aromatic rings. The molecule has 2 saturated carbocycles. The summed E-state index contributed by atoms with van der Waals surface area (Å²) in [6, 6.07) is 1.98. The lowest BCUT2D eigenvalue weighted by Gasteiger charge is -2.14. The van der Waals surface area contributed by atoms with Crippen LogP contribution in [0, 0.1) is 5.92 Å². The van der Waals surface area contributed by atoms with Crippen LogP contribution in [-0.2, 0) is 0 Å². The van der Waals surface area contributed by atoms with Gasteiger partial charge in [-0.15, -0.1) is 12.4 Å². The maximum atomic E-state index is 12.0. The van der Waals surface area contributed by atoms with E-state index in [1.807, 2.05) is 6.07 Å². The molecule has 4 N–H and O–H groups in total. The van der Waals surface area contributed by atoms with Crippen molar-refractivity contribution < 1.29 is 4.79 Å². The Kier molecular flexibility index (Phi) is 3.92. The molecule has 0 aliphatic heterocycles. The third kappa shape index (κ3) is 2.84. The zero-order valence-corrected chi connectivity index (χ0v) is 11.0. The van der Waals surface area contributed by atoms with Gasteiger partial charge in [0.1, 0.15) is 5.69 Å². The molecule has 18 heavy (non-hydrogen) atoms. The molecule has 2 aliphatic carbocycles. The number of nitrogens with zero attached hydrogens (tertiary/aromatic N) is 1. The van der Waals surface area contributed by atoms with Crippen LogP contribution in [0.1, 0.15) is 47.8 Å². The number of aromatic nitrogens is 2. The van der Waals surface area contributed by atoms with Gasteiger partial charge in [0.05, 0.1) is 0 Å². The zero-order chi connectivity index (χ0) is 11.8. The van der Waals surface area contributed by atoms with E-state index in [0.29, 0.717) is 24.1 Å². The van der Waals surface area contributed by atoms with Gasteiger partial charge in [0.15, 0.2) is 0 Å². The third-order valence-corrected chi connectivity index (χ3v) is 3.61. The summed E-state index contributed by atoms with van der Waals surface area (Å²) in [5.41, 5.74) is 7.24. The first kappa shape index (κ1) is 13.4. The second-order valence-electron chi connectivity index (χ2n) is 5.14. The molecule has 5 nitrogen and oxygen atoms in total. The van der Waals surface area contributed by atoms with Crippen molar-refractivity contribution in [2.45, 2.75) is 37.6 Å². The van der Waals surface area contributed by atoms with Crippen LogP contribution in [0.4, 0.5) is 0 Å². The number of H-pyrrole nitrogens is 1. The summed E-state index contributed by atoms with van der Waals surface area (Å²) in [5, 5.41) is 9.98. The summed E-state index contributed by atoms with van der Waals surface area (Å²) in [5.74, 6) is 1.07. The van der Waals surface area contributed by atoms with E-state index in [0.717, 1.165) is 5.69 Å². The molecule has 1 heterocycles. The molecule has 1 atom stereocenters. The van der Waals surface area contributed by atoms with Crippen molar-refractivity contribution in [1.29, 1.82) is 0 Å². The second kappa shape index (κ2) is 5.28. The highest BCUT2D eigenvalue weighted by Gasteiger charge is 2.32. The summed E-state index contributed by atoms with van der Waals surface area (Å²) in [6.07, 6.45) is 4.76. The maximum Gasteiger partial charge on any atom is 0.272 e. The molecule has 3 rings (SSSR count). The van der Waals surface area contributed by atoms with Gasteiger partial charge in [0.25, 0.3) is 5.91 Å². The molecule has 2 aliphatic rings. The predicted molar refractivity (Wildman–Crippen MR) is 70.8 cm³/mol. The number of aromatic amines is 1. The van der Waals surface area contributed by atoms with Crippen molar-refractivity contribution >= 4 is 18.3 Å². The van der Waals surface area contributed by atoms with Gasteiger partial charge in [0, 0.05) is 24.2 Å². The molecular formula is C12H19ClN4O. The minimum Gasteiger partial charge on any atom is -0.346 e. The average molecular weight is 271 g/mol. The number of carbonyl (C=O) groups excluding carboxylic acids is 1. The maximum absolute atomic E-state index is 12.0. The highest BCUT2D eigenvalue weighted by atomic mass is 35.5. The van der Waals surface area contributed by atoms with E-state index in [9.17, 15) is 4.79 Å². The minimum atomic E-state index is -0.101. The normalized spacial score (nSPS) is 20.1. The Morgan fingerprint density at radius 2 is 2.22 bits per heavy atom. The standard InChI is InChI=1S/C12H18N4O.ClH/c13-6-11(8-3-4-8)14-12(17)10-5-9(15-16-10)7-1-2-7;/h5,7-8,11H,1-4,6,13H2,(H,14,17)(H,15,16);1H. The highest BCUT2D eigenvalue weighted by molar-refractivity contribution is 5.92. The van der Waals surface area contributed by atoms with Gasteiger partial charge < -0.3 is 11.1 Å². The van der Waals surface area contributed by atoms with E-state index < -0.39 is 0 Å². The van der Waals surface area contributed by atoms with Crippen molar-refractivity contribution in [2.24, 2.45) is 11.7 Å². The molecule has 6 heteroatoms. The minimum absolute atomic E-state index is 0. The van der Waals surface area contributed by atoms with Crippen LogP contribution >= 0.6 is 12.4 Å². The molecule has 2 fully saturated rings. The fourth-order valence-corrected chi connectivity index (χ4v) is 2.17. The Labute approximate surface area is 112 Å². The lowest BCUT2D eigenvalue weighted by Crippen LogP contribution is -2.41. The fourth-order valence-electron chi connectivity index (χ4n) is 2.17. The van der Waals surface area contributed by atoms with E-state index in [1.165, 1.54) is 25.7 Å². The third-order valence-electron chi connectivity index (χ3n) is 3.61. The van der Waals surface area contributed by atoms with Crippen LogP contribution in [0.15, 0.2) is 6.07 Å². The van der Waals surface area contributed by atoms with Crippen molar-refractivity contribution in [2.75, 3.05) is 6.54 Å². The van der Waals surface area contributed by atoms with E-state index >= 15 is 0 Å². The second-order valence-corrected chi connectivity index (χ2v) is 5.14. The Morgan fingerprint density at radius 3 is 2.78 bits per heavy atom. The van der Waals surface area contributed by atoms with Crippen molar-refractivity contribution in [3.05, 3.63) is 17.5 Å². The van der Waals surface area contributed by atoms with Crippen LogP contribution in [0.3, 0.4) is 0 Å². The Morgan fingerprint density at radius 1 is 1.50 bits per heavy atom. The van der Waals surface area contributed by atoms with E-state index in [-0.39, 0.29) is 24.4 Å². The number of halogens is 1. The summed E-state index contributed by atoms with van der Waals surface area (Å²) < 4.78 is 0. The van der Waals surface area contributed by atoms with Crippen LogP contribution in [0.2, 0.25) is 0 Å². The van der Waals surface area contributed by atoms with Crippen LogP contribution in [-0.4, -0.2) is 28.7 Å². The molecular weight excluding hydrogens is 252 g/mol. The van der Waals surface area contributed by atoms with Gasteiger partial charge in [-0.05, 0) is 37.7 Å². The lowest BCUT2D eigenvalue weighted by atomic mass is 10.2. The zero-order valence-electron chi connectivity index (χ0n) is 10.2. The number of nitrogens with one attached hydrogen (secondary N) is 2. The molecule has 0 saturated heterocycles. The largest absolute Gasteiger partial charge is 0.346 e. The summed E-state index contributed by atoms with van der Waals surface area (Å²) in [4.78, 5) is 12.0. The molecule has 1 amide bonds. The van der Waals surface area contributed by atoms with E-state index in [2.05, 4.69) is 15.5 Å². The van der Waals surface area contributed by atoms with Crippen LogP contribution < -0.4 is 11.1 Å². The quantitative estimate of drug-likeness (QED) is 0.751. The molecule has 0 spiro atoms. The number of nitrogens with two attached hydrogens (primary N) is 1. The summed E-state index contributed by atoms with van der Waals surface area (Å²) in [6.45, 7) is 0.510. The Bertz CT molecular complexity index is 425. The SMILES string of the molecule is Cl.NCC(NC(=O)c1cc(C2CC2)[nH]n1)C1CC1.